The molecule has 1 heterocycles. The van der Waals surface area contributed by atoms with Gasteiger partial charge in [-0.15, -0.1) is 0 Å². The second-order valence-corrected chi connectivity index (χ2v) is 8.75. The van der Waals surface area contributed by atoms with Crippen LogP contribution >= 0.6 is 0 Å². The van der Waals surface area contributed by atoms with Gasteiger partial charge in [0, 0.05) is 23.1 Å². The number of hydrogen-bond acceptors (Lipinski definition) is 8. The zero-order valence-electron chi connectivity index (χ0n) is 18.3. The van der Waals surface area contributed by atoms with Gasteiger partial charge in [0.25, 0.3) is 0 Å². The van der Waals surface area contributed by atoms with E-state index in [2.05, 4.69) is 5.32 Å². The highest BCUT2D eigenvalue weighted by Crippen LogP contribution is 2.32. The normalized spacial score (nSPS) is 19.7. The van der Waals surface area contributed by atoms with Crippen molar-refractivity contribution in [2.75, 3.05) is 13.7 Å². The van der Waals surface area contributed by atoms with Crippen LogP contribution in [0.3, 0.4) is 0 Å². The van der Waals surface area contributed by atoms with Crippen LogP contribution in [0.15, 0.2) is 12.1 Å². The number of hydrogen-bond donors (Lipinski definition) is 3. The Hall–Kier alpha value is -3.10. The number of nitrogens with one attached hydrogen (secondary N) is 3. The molecule has 2 aliphatic rings. The zero-order valence-corrected chi connectivity index (χ0v) is 18.3. The summed E-state index contributed by atoms with van der Waals surface area (Å²) in [5.74, 6) is -0.453. The van der Waals surface area contributed by atoms with Gasteiger partial charge >= 0.3 is 12.1 Å². The van der Waals surface area contributed by atoms with Gasteiger partial charge in [-0.3, -0.25) is 10.8 Å². The second kappa shape index (κ2) is 8.95. The Morgan fingerprint density at radius 3 is 2.55 bits per heavy atom. The van der Waals surface area contributed by atoms with E-state index in [1.54, 1.807) is 32.9 Å². The third kappa shape index (κ3) is 5.53. The van der Waals surface area contributed by atoms with E-state index in [9.17, 15) is 9.59 Å². The van der Waals surface area contributed by atoms with Crippen LogP contribution < -0.4 is 10.1 Å². The molecule has 9 heteroatoms. The van der Waals surface area contributed by atoms with E-state index < -0.39 is 17.7 Å². The number of esters is 1. The van der Waals surface area contributed by atoms with Crippen LogP contribution in [-0.2, 0) is 20.6 Å². The molecule has 1 aliphatic carbocycles. The van der Waals surface area contributed by atoms with Crippen molar-refractivity contribution in [2.45, 2.75) is 58.1 Å². The molecule has 1 aromatic carbocycles. The molecule has 0 spiro atoms. The summed E-state index contributed by atoms with van der Waals surface area (Å²) in [6, 6.07) is 3.10. The number of fused-ring (bicyclic) bond motifs is 1. The lowest BCUT2D eigenvalue weighted by Crippen LogP contribution is -2.48. The Bertz CT molecular complexity index is 899. The summed E-state index contributed by atoms with van der Waals surface area (Å²) in [4.78, 5) is 24.0. The van der Waals surface area contributed by atoms with Crippen molar-refractivity contribution >= 4 is 23.9 Å². The molecule has 31 heavy (non-hydrogen) atoms. The fraction of sp³-hybridized carbons (Fsp3) is 0.545. The van der Waals surface area contributed by atoms with Crippen molar-refractivity contribution in [3.8, 4) is 5.75 Å². The predicted octanol–water partition coefficient (Wildman–Crippen LogP) is 3.42. The lowest BCUT2D eigenvalue weighted by atomic mass is 9.80. The lowest BCUT2D eigenvalue weighted by Gasteiger charge is -2.35. The number of ether oxygens (including phenoxy) is 4. The van der Waals surface area contributed by atoms with Crippen LogP contribution in [0.4, 0.5) is 4.79 Å². The first-order valence-corrected chi connectivity index (χ1v) is 10.3. The lowest BCUT2D eigenvalue weighted by molar-refractivity contribution is 0.0464. The largest absolute Gasteiger partial charge is 0.493 e. The summed E-state index contributed by atoms with van der Waals surface area (Å²) in [5.41, 5.74) is 0.882. The Labute approximate surface area is 181 Å². The second-order valence-electron chi connectivity index (χ2n) is 8.75. The fourth-order valence-corrected chi connectivity index (χ4v) is 3.56. The quantitative estimate of drug-likeness (QED) is 0.380. The molecule has 1 aliphatic heterocycles. The minimum Gasteiger partial charge on any atom is -0.493 e. The first kappa shape index (κ1) is 22.6. The van der Waals surface area contributed by atoms with Crippen molar-refractivity contribution in [3.63, 3.8) is 0 Å². The molecule has 0 atom stereocenters. The summed E-state index contributed by atoms with van der Waals surface area (Å²) < 4.78 is 21.2. The molecule has 1 fully saturated rings. The molecule has 9 nitrogen and oxygen atoms in total. The molecule has 0 unspecified atom stereocenters. The molecule has 168 valence electrons. The maximum atomic E-state index is 12.2. The summed E-state index contributed by atoms with van der Waals surface area (Å²) in [6.07, 6.45) is 2.08. The van der Waals surface area contributed by atoms with Crippen LogP contribution in [0.1, 0.15) is 61.5 Å². The third-order valence-electron chi connectivity index (χ3n) is 5.15. The van der Waals surface area contributed by atoms with Gasteiger partial charge in [0.05, 0.1) is 19.3 Å². The number of methoxy groups -OCH3 is 1. The van der Waals surface area contributed by atoms with E-state index in [1.807, 2.05) is 0 Å². The van der Waals surface area contributed by atoms with Crippen molar-refractivity contribution in [1.82, 2.24) is 5.32 Å². The SMILES string of the molecule is COC(=O)c1cc(C(=N)OC(=N)C2CC(NC(=O)OC(C)(C)C)C2)cc2c1CCCO2. The smallest absolute Gasteiger partial charge is 0.407 e. The van der Waals surface area contributed by atoms with Crippen molar-refractivity contribution in [1.29, 1.82) is 10.8 Å². The summed E-state index contributed by atoms with van der Waals surface area (Å²) in [7, 11) is 1.31. The molecular formula is C22H29N3O6. The van der Waals surface area contributed by atoms with E-state index >= 15 is 0 Å². The molecule has 3 rings (SSSR count). The van der Waals surface area contributed by atoms with E-state index in [4.69, 9.17) is 29.8 Å². The van der Waals surface area contributed by atoms with Crippen LogP contribution in [0.2, 0.25) is 0 Å². The van der Waals surface area contributed by atoms with Crippen LogP contribution in [0.5, 0.6) is 5.75 Å². The van der Waals surface area contributed by atoms with Gasteiger partial charge in [-0.1, -0.05) is 0 Å². The minimum atomic E-state index is -0.570. The van der Waals surface area contributed by atoms with Gasteiger partial charge < -0.3 is 24.3 Å². The third-order valence-corrected chi connectivity index (χ3v) is 5.15. The van der Waals surface area contributed by atoms with Gasteiger partial charge in [0.15, 0.2) is 5.90 Å². The van der Waals surface area contributed by atoms with Gasteiger partial charge in [-0.05, 0) is 58.6 Å². The van der Waals surface area contributed by atoms with E-state index in [-0.39, 0.29) is 23.8 Å². The average Bonchev–Trinajstić information content (AvgIpc) is 2.67. The molecule has 3 N–H and O–H groups in total. The van der Waals surface area contributed by atoms with Crippen molar-refractivity contribution in [2.24, 2.45) is 5.92 Å². The Balaban J connectivity index is 1.59. The van der Waals surface area contributed by atoms with Gasteiger partial charge in [0.1, 0.15) is 11.4 Å². The summed E-state index contributed by atoms with van der Waals surface area (Å²) >= 11 is 0. The monoisotopic (exact) mass is 431 g/mol. The highest BCUT2D eigenvalue weighted by molar-refractivity contribution is 6.02. The van der Waals surface area contributed by atoms with Crippen molar-refractivity contribution in [3.05, 3.63) is 28.8 Å². The fourth-order valence-electron chi connectivity index (χ4n) is 3.56. The van der Waals surface area contributed by atoms with Gasteiger partial charge in [-0.25, -0.2) is 9.59 Å². The number of benzene rings is 1. The topological polar surface area (TPSA) is 131 Å². The van der Waals surface area contributed by atoms with Gasteiger partial charge in [-0.2, -0.15) is 0 Å². The number of alkyl carbamates (subject to hydrolysis) is 1. The maximum Gasteiger partial charge on any atom is 0.407 e. The average molecular weight is 431 g/mol. The van der Waals surface area contributed by atoms with Gasteiger partial charge in [0.2, 0.25) is 5.90 Å². The first-order chi connectivity index (χ1) is 14.6. The van der Waals surface area contributed by atoms with Crippen LogP contribution in [0.25, 0.3) is 0 Å². The van der Waals surface area contributed by atoms with E-state index in [1.165, 1.54) is 7.11 Å². The number of rotatable bonds is 4. The number of amides is 1. The maximum absolute atomic E-state index is 12.2. The molecule has 1 aromatic rings. The van der Waals surface area contributed by atoms with E-state index in [0.29, 0.717) is 42.7 Å². The summed E-state index contributed by atoms with van der Waals surface area (Å²) in [5, 5.41) is 19.2. The number of carbonyl (C=O) groups excluding carboxylic acids is 2. The first-order valence-electron chi connectivity index (χ1n) is 10.3. The van der Waals surface area contributed by atoms with E-state index in [0.717, 1.165) is 12.0 Å². The minimum absolute atomic E-state index is 0.0505. The number of carbonyl (C=O) groups is 2. The summed E-state index contributed by atoms with van der Waals surface area (Å²) in [6.45, 7) is 5.92. The Kier molecular flexibility index (Phi) is 6.52. The molecular weight excluding hydrogens is 402 g/mol. The zero-order chi connectivity index (χ0) is 22.8. The predicted molar refractivity (Wildman–Crippen MR) is 113 cm³/mol. The highest BCUT2D eigenvalue weighted by Gasteiger charge is 2.36. The van der Waals surface area contributed by atoms with Crippen LogP contribution in [0, 0.1) is 16.7 Å². The molecule has 0 radical (unpaired) electrons. The Morgan fingerprint density at radius 1 is 1.19 bits per heavy atom. The van der Waals surface area contributed by atoms with Crippen LogP contribution in [-0.4, -0.2) is 49.2 Å². The molecule has 0 saturated heterocycles. The highest BCUT2D eigenvalue weighted by atomic mass is 16.6. The Morgan fingerprint density at radius 2 is 1.90 bits per heavy atom. The molecule has 1 saturated carbocycles. The molecule has 0 bridgehead atoms. The standard InChI is InChI=1S/C22H29N3O6/c1-22(2,3)31-21(27)25-14-8-12(9-14)18(23)30-19(24)13-10-16(20(26)28-4)15-6-5-7-29-17(15)11-13/h10-12,14,23-24H,5-9H2,1-4H3,(H,25,27). The van der Waals surface area contributed by atoms with Crippen molar-refractivity contribution < 1.29 is 28.5 Å². The molecule has 0 aromatic heterocycles. The molecule has 1 amide bonds.